The lowest BCUT2D eigenvalue weighted by Crippen LogP contribution is -1.99. The summed E-state index contributed by atoms with van der Waals surface area (Å²) in [5, 5.41) is 11.4. The van der Waals surface area contributed by atoms with Crippen molar-refractivity contribution in [2.75, 3.05) is 0 Å². The zero-order valence-corrected chi connectivity index (χ0v) is 14.0. The number of benzene rings is 1. The van der Waals surface area contributed by atoms with Crippen LogP contribution in [0.1, 0.15) is 46.7 Å². The molecule has 0 atom stereocenters. The molecule has 3 aromatic rings. The summed E-state index contributed by atoms with van der Waals surface area (Å²) in [5.74, 6) is -0.312. The molecule has 1 saturated carbocycles. The van der Waals surface area contributed by atoms with E-state index in [1.165, 1.54) is 40.8 Å². The first-order chi connectivity index (χ1) is 11.1. The van der Waals surface area contributed by atoms with Crippen molar-refractivity contribution in [2.45, 2.75) is 39.2 Å². The summed E-state index contributed by atoms with van der Waals surface area (Å²) in [6, 6.07) is 8.37. The number of rotatable bonds is 4. The summed E-state index contributed by atoms with van der Waals surface area (Å²) in [4.78, 5) is 16.3. The van der Waals surface area contributed by atoms with Crippen LogP contribution in [0.4, 0.5) is 0 Å². The number of carbonyl (C=O) groups is 1. The summed E-state index contributed by atoms with van der Waals surface area (Å²) in [5.41, 5.74) is 4.30. The minimum absolute atomic E-state index is 0.343. The van der Waals surface area contributed by atoms with Crippen LogP contribution >= 0.6 is 11.3 Å². The Morgan fingerprint density at radius 3 is 2.74 bits per heavy atom. The summed E-state index contributed by atoms with van der Waals surface area (Å²) in [6.45, 7) is 4.86. The number of aromatic nitrogens is 2. The van der Waals surface area contributed by atoms with Gasteiger partial charge in [-0.1, -0.05) is 18.2 Å². The number of fused-ring (bicyclic) bond motifs is 1. The van der Waals surface area contributed by atoms with Gasteiger partial charge in [-0.25, -0.2) is 9.78 Å². The first-order valence-corrected chi connectivity index (χ1v) is 8.75. The Bertz CT molecular complexity index is 919. The highest BCUT2D eigenvalue weighted by Crippen LogP contribution is 2.49. The average Bonchev–Trinajstić information content (AvgIpc) is 3.22. The molecular formula is C18H18N2O2S. The molecule has 0 spiro atoms. The van der Waals surface area contributed by atoms with Crippen molar-refractivity contribution in [1.82, 2.24) is 9.55 Å². The van der Waals surface area contributed by atoms with Crippen LogP contribution in [0.3, 0.4) is 0 Å². The van der Waals surface area contributed by atoms with Crippen molar-refractivity contribution in [2.24, 2.45) is 0 Å². The molecule has 1 fully saturated rings. The number of hydrogen-bond donors (Lipinski definition) is 1. The lowest BCUT2D eigenvalue weighted by Gasteiger charge is -2.08. The maximum absolute atomic E-state index is 11.4. The largest absolute Gasteiger partial charge is 0.477 e. The third kappa shape index (κ3) is 2.18. The number of carboxylic acid groups (broad SMARTS) is 1. The highest BCUT2D eigenvalue weighted by Gasteiger charge is 2.33. The summed E-state index contributed by atoms with van der Waals surface area (Å²) in [7, 11) is 0. The van der Waals surface area contributed by atoms with E-state index in [0.717, 1.165) is 17.1 Å². The Kier molecular flexibility index (Phi) is 3.27. The smallest absolute Gasteiger partial charge is 0.347 e. The van der Waals surface area contributed by atoms with E-state index in [4.69, 9.17) is 0 Å². The van der Waals surface area contributed by atoms with Crippen molar-refractivity contribution < 1.29 is 9.90 Å². The van der Waals surface area contributed by atoms with Crippen LogP contribution in [-0.4, -0.2) is 20.6 Å². The number of carboxylic acids is 1. The molecule has 0 radical (unpaired) electrons. The van der Waals surface area contributed by atoms with Crippen LogP contribution in [-0.2, 0) is 6.54 Å². The molecule has 0 saturated heterocycles. The van der Waals surface area contributed by atoms with Gasteiger partial charge in [0.05, 0.1) is 5.69 Å². The molecule has 2 heterocycles. The second kappa shape index (κ2) is 5.20. The van der Waals surface area contributed by atoms with Crippen molar-refractivity contribution in [3.05, 3.63) is 40.5 Å². The third-order valence-electron chi connectivity index (χ3n) is 4.50. The number of nitrogens with zero attached hydrogens (tertiary/aromatic N) is 2. The molecule has 1 N–H and O–H groups in total. The molecule has 5 heteroatoms. The maximum Gasteiger partial charge on any atom is 0.347 e. The second-order valence-corrected chi connectivity index (χ2v) is 7.03. The molecule has 4 nitrogen and oxygen atoms in total. The van der Waals surface area contributed by atoms with E-state index in [2.05, 4.69) is 34.7 Å². The van der Waals surface area contributed by atoms with E-state index < -0.39 is 5.97 Å². The van der Waals surface area contributed by atoms with Gasteiger partial charge in [0.2, 0.25) is 0 Å². The summed E-state index contributed by atoms with van der Waals surface area (Å²) >= 11 is 1.29. The van der Waals surface area contributed by atoms with E-state index in [1.54, 1.807) is 6.92 Å². The second-order valence-electron chi connectivity index (χ2n) is 6.03. The molecule has 0 unspecified atom stereocenters. The zero-order chi connectivity index (χ0) is 16.1. The Morgan fingerprint density at radius 2 is 2.13 bits per heavy atom. The Labute approximate surface area is 138 Å². The van der Waals surface area contributed by atoms with Crippen LogP contribution in [0.2, 0.25) is 0 Å². The van der Waals surface area contributed by atoms with Gasteiger partial charge in [-0.2, -0.15) is 0 Å². The Hall–Kier alpha value is -2.14. The third-order valence-corrected chi connectivity index (χ3v) is 5.66. The molecule has 23 heavy (non-hydrogen) atoms. The van der Waals surface area contributed by atoms with E-state index in [-0.39, 0.29) is 0 Å². The van der Waals surface area contributed by atoms with E-state index in [0.29, 0.717) is 16.5 Å². The SMILES string of the molecule is CCn1c(C2CC2)c(-c2nc(C)c(C(=O)O)s2)c2ccccc21. The minimum atomic E-state index is -0.890. The number of aromatic carboxylic acids is 1. The van der Waals surface area contributed by atoms with Crippen molar-refractivity contribution >= 4 is 28.2 Å². The molecule has 0 bridgehead atoms. The molecular weight excluding hydrogens is 308 g/mol. The fourth-order valence-corrected chi connectivity index (χ4v) is 4.34. The van der Waals surface area contributed by atoms with Crippen LogP contribution in [0.15, 0.2) is 24.3 Å². The lowest BCUT2D eigenvalue weighted by molar-refractivity contribution is 0.0701. The molecule has 118 valence electrons. The van der Waals surface area contributed by atoms with Gasteiger partial charge in [0, 0.05) is 28.7 Å². The Morgan fingerprint density at radius 1 is 1.39 bits per heavy atom. The molecule has 0 aliphatic heterocycles. The van der Waals surface area contributed by atoms with Gasteiger partial charge in [0.25, 0.3) is 0 Å². The van der Waals surface area contributed by atoms with E-state index in [9.17, 15) is 9.90 Å². The number of hydrogen-bond acceptors (Lipinski definition) is 3. The van der Waals surface area contributed by atoms with Gasteiger partial charge in [-0.05, 0) is 38.7 Å². The van der Waals surface area contributed by atoms with Crippen LogP contribution in [0.25, 0.3) is 21.5 Å². The van der Waals surface area contributed by atoms with Crippen LogP contribution < -0.4 is 0 Å². The van der Waals surface area contributed by atoms with Gasteiger partial charge in [-0.15, -0.1) is 11.3 Å². The molecule has 0 amide bonds. The topological polar surface area (TPSA) is 55.1 Å². The standard InChI is InChI=1S/C18H18N2O2S/c1-3-20-13-7-5-4-6-12(13)14(15(20)11-8-9-11)17-19-10(2)16(23-17)18(21)22/h4-7,11H,3,8-9H2,1-2H3,(H,21,22). The predicted molar refractivity (Wildman–Crippen MR) is 92.4 cm³/mol. The quantitative estimate of drug-likeness (QED) is 0.758. The van der Waals surface area contributed by atoms with Gasteiger partial charge in [-0.3, -0.25) is 0 Å². The lowest BCUT2D eigenvalue weighted by atomic mass is 10.1. The molecule has 1 aromatic carbocycles. The normalized spacial score (nSPS) is 14.5. The van der Waals surface area contributed by atoms with Gasteiger partial charge >= 0.3 is 5.97 Å². The van der Waals surface area contributed by atoms with Crippen molar-refractivity contribution in [1.29, 1.82) is 0 Å². The molecule has 4 rings (SSSR count). The first-order valence-electron chi connectivity index (χ1n) is 7.94. The van der Waals surface area contributed by atoms with Gasteiger partial charge in [0.1, 0.15) is 9.88 Å². The zero-order valence-electron chi connectivity index (χ0n) is 13.2. The fourth-order valence-electron chi connectivity index (χ4n) is 3.37. The molecule has 1 aliphatic rings. The van der Waals surface area contributed by atoms with Crippen LogP contribution in [0.5, 0.6) is 0 Å². The maximum atomic E-state index is 11.4. The number of para-hydroxylation sites is 1. The minimum Gasteiger partial charge on any atom is -0.477 e. The monoisotopic (exact) mass is 326 g/mol. The highest BCUT2D eigenvalue weighted by molar-refractivity contribution is 7.17. The van der Waals surface area contributed by atoms with Gasteiger partial charge in [0.15, 0.2) is 0 Å². The highest BCUT2D eigenvalue weighted by atomic mass is 32.1. The first kappa shape index (κ1) is 14.5. The number of thiazole rings is 1. The number of aryl methyl sites for hydroxylation is 2. The fraction of sp³-hybridized carbons (Fsp3) is 0.333. The van der Waals surface area contributed by atoms with E-state index >= 15 is 0 Å². The molecule has 2 aromatic heterocycles. The van der Waals surface area contributed by atoms with Crippen molar-refractivity contribution in [3.63, 3.8) is 0 Å². The Balaban J connectivity index is 2.04. The molecule has 1 aliphatic carbocycles. The van der Waals surface area contributed by atoms with Crippen molar-refractivity contribution in [3.8, 4) is 10.6 Å². The predicted octanol–water partition coefficient (Wildman–Crippen LogP) is 4.67. The average molecular weight is 326 g/mol. The van der Waals surface area contributed by atoms with E-state index in [1.807, 2.05) is 6.07 Å². The summed E-state index contributed by atoms with van der Waals surface area (Å²) in [6.07, 6.45) is 2.42. The summed E-state index contributed by atoms with van der Waals surface area (Å²) < 4.78 is 2.37. The van der Waals surface area contributed by atoms with Gasteiger partial charge < -0.3 is 9.67 Å². The van der Waals surface area contributed by atoms with Crippen LogP contribution in [0, 0.1) is 6.92 Å².